The predicted molar refractivity (Wildman–Crippen MR) is 71.9 cm³/mol. The maximum atomic E-state index is 11.7. The van der Waals surface area contributed by atoms with Gasteiger partial charge in [-0.25, -0.2) is 13.2 Å². The number of hydrogen-bond acceptors (Lipinski definition) is 4. The maximum absolute atomic E-state index is 11.7. The number of unbranched alkanes of at least 4 members (excludes halogenated alkanes) is 1. The first-order valence-electron chi connectivity index (χ1n) is 5.88. The summed E-state index contributed by atoms with van der Waals surface area (Å²) in [6.07, 6.45) is 1.38. The van der Waals surface area contributed by atoms with E-state index in [0.29, 0.717) is 17.9 Å². The van der Waals surface area contributed by atoms with E-state index >= 15 is 0 Å². The molecule has 7 heteroatoms. The topological polar surface area (TPSA) is 92.7 Å². The number of sulfonamides is 1. The molecule has 0 saturated heterocycles. The minimum atomic E-state index is -3.37. The molecule has 0 bridgehead atoms. The van der Waals surface area contributed by atoms with Crippen LogP contribution in [0.4, 0.5) is 5.69 Å². The van der Waals surface area contributed by atoms with Gasteiger partial charge in [-0.3, -0.25) is 4.72 Å². The lowest BCUT2D eigenvalue weighted by Crippen LogP contribution is -2.16. The summed E-state index contributed by atoms with van der Waals surface area (Å²) in [6.45, 7) is 1.45. The van der Waals surface area contributed by atoms with Gasteiger partial charge in [0.25, 0.3) is 0 Å². The van der Waals surface area contributed by atoms with Gasteiger partial charge in [-0.15, -0.1) is 0 Å². The molecule has 0 aliphatic rings. The summed E-state index contributed by atoms with van der Waals surface area (Å²) >= 11 is 0. The number of ether oxygens (including phenoxy) is 1. The van der Waals surface area contributed by atoms with Gasteiger partial charge in [0.15, 0.2) is 6.61 Å². The van der Waals surface area contributed by atoms with Crippen molar-refractivity contribution in [1.29, 1.82) is 0 Å². The molecule has 2 N–H and O–H groups in total. The smallest absolute Gasteiger partial charge is 0.341 e. The van der Waals surface area contributed by atoms with E-state index in [1.165, 1.54) is 6.07 Å². The van der Waals surface area contributed by atoms with Crippen molar-refractivity contribution in [3.8, 4) is 5.75 Å². The Bertz CT molecular complexity index is 527. The van der Waals surface area contributed by atoms with Crippen molar-refractivity contribution in [1.82, 2.24) is 0 Å². The van der Waals surface area contributed by atoms with Crippen LogP contribution in [-0.2, 0) is 14.8 Å². The van der Waals surface area contributed by atoms with Crippen molar-refractivity contribution in [2.45, 2.75) is 19.8 Å². The molecule has 19 heavy (non-hydrogen) atoms. The molecule has 0 aliphatic heterocycles. The van der Waals surface area contributed by atoms with E-state index in [1.807, 2.05) is 6.92 Å². The zero-order chi connectivity index (χ0) is 14.3. The second kappa shape index (κ2) is 6.98. The van der Waals surface area contributed by atoms with Gasteiger partial charge in [-0.05, 0) is 18.6 Å². The molecule has 1 aromatic rings. The average Bonchev–Trinajstić information content (AvgIpc) is 2.34. The van der Waals surface area contributed by atoms with Gasteiger partial charge >= 0.3 is 5.97 Å². The molecule has 1 rings (SSSR count). The first kappa shape index (κ1) is 15.3. The Morgan fingerprint density at radius 2 is 2.16 bits per heavy atom. The first-order valence-corrected chi connectivity index (χ1v) is 7.53. The highest BCUT2D eigenvalue weighted by molar-refractivity contribution is 7.92. The number of aliphatic carboxylic acids is 1. The van der Waals surface area contributed by atoms with Crippen molar-refractivity contribution in [3.63, 3.8) is 0 Å². The summed E-state index contributed by atoms with van der Waals surface area (Å²) in [4.78, 5) is 10.4. The van der Waals surface area contributed by atoms with Crippen LogP contribution in [0.1, 0.15) is 19.8 Å². The molecule has 0 heterocycles. The Morgan fingerprint density at radius 1 is 1.42 bits per heavy atom. The Morgan fingerprint density at radius 3 is 2.79 bits per heavy atom. The van der Waals surface area contributed by atoms with Crippen molar-refractivity contribution in [2.75, 3.05) is 17.1 Å². The minimum Gasteiger partial charge on any atom is -0.482 e. The van der Waals surface area contributed by atoms with Gasteiger partial charge in [-0.2, -0.15) is 0 Å². The van der Waals surface area contributed by atoms with E-state index < -0.39 is 22.6 Å². The molecule has 1 aromatic carbocycles. The standard InChI is InChI=1S/C12H17NO5S/c1-2-3-7-19(16,17)13-10-5-4-6-11(8-10)18-9-12(14)15/h4-6,8,13H,2-3,7,9H2,1H3,(H,14,15). The van der Waals surface area contributed by atoms with Crippen LogP contribution >= 0.6 is 0 Å². The number of hydrogen-bond donors (Lipinski definition) is 2. The molecular weight excluding hydrogens is 270 g/mol. The van der Waals surface area contributed by atoms with Crippen LogP contribution in [0.3, 0.4) is 0 Å². The summed E-state index contributed by atoms with van der Waals surface area (Å²) in [7, 11) is -3.37. The number of nitrogens with one attached hydrogen (secondary N) is 1. The van der Waals surface area contributed by atoms with E-state index in [-0.39, 0.29) is 5.75 Å². The summed E-state index contributed by atoms with van der Waals surface area (Å²) in [6, 6.07) is 6.19. The van der Waals surface area contributed by atoms with E-state index in [2.05, 4.69) is 4.72 Å². The molecule has 0 amide bonds. The summed E-state index contributed by atoms with van der Waals surface area (Å²) in [5, 5.41) is 8.49. The molecule has 6 nitrogen and oxygen atoms in total. The van der Waals surface area contributed by atoms with Crippen LogP contribution in [-0.4, -0.2) is 31.9 Å². The van der Waals surface area contributed by atoms with Gasteiger partial charge in [0.1, 0.15) is 5.75 Å². The highest BCUT2D eigenvalue weighted by Crippen LogP contribution is 2.18. The lowest BCUT2D eigenvalue weighted by atomic mass is 10.3. The van der Waals surface area contributed by atoms with E-state index in [4.69, 9.17) is 9.84 Å². The van der Waals surface area contributed by atoms with Crippen molar-refractivity contribution < 1.29 is 23.1 Å². The molecule has 106 valence electrons. The zero-order valence-electron chi connectivity index (χ0n) is 10.6. The van der Waals surface area contributed by atoms with Gasteiger partial charge in [-0.1, -0.05) is 19.4 Å². The molecule has 0 radical (unpaired) electrons. The second-order valence-corrected chi connectivity index (χ2v) is 5.83. The van der Waals surface area contributed by atoms with Crippen LogP contribution < -0.4 is 9.46 Å². The number of benzene rings is 1. The normalized spacial score (nSPS) is 11.0. The zero-order valence-corrected chi connectivity index (χ0v) is 11.4. The van der Waals surface area contributed by atoms with Gasteiger partial charge in [0.05, 0.1) is 11.4 Å². The van der Waals surface area contributed by atoms with Crippen LogP contribution in [0.15, 0.2) is 24.3 Å². The third-order valence-corrected chi connectivity index (χ3v) is 3.61. The molecular formula is C12H17NO5S. The highest BCUT2D eigenvalue weighted by atomic mass is 32.2. The number of carbonyl (C=O) groups is 1. The lowest BCUT2D eigenvalue weighted by Gasteiger charge is -2.09. The Hall–Kier alpha value is -1.76. The fourth-order valence-electron chi connectivity index (χ4n) is 1.36. The maximum Gasteiger partial charge on any atom is 0.341 e. The Kier molecular flexibility index (Phi) is 5.62. The van der Waals surface area contributed by atoms with Crippen LogP contribution in [0.5, 0.6) is 5.75 Å². The SMILES string of the molecule is CCCCS(=O)(=O)Nc1cccc(OCC(=O)O)c1. The van der Waals surface area contributed by atoms with Gasteiger partial charge < -0.3 is 9.84 Å². The van der Waals surface area contributed by atoms with Crippen LogP contribution in [0, 0.1) is 0 Å². The van der Waals surface area contributed by atoms with Crippen molar-refractivity contribution in [2.24, 2.45) is 0 Å². The molecule has 0 unspecified atom stereocenters. The molecule has 0 aliphatic carbocycles. The van der Waals surface area contributed by atoms with E-state index in [0.717, 1.165) is 6.42 Å². The third kappa shape index (κ3) is 6.10. The molecule has 0 spiro atoms. The molecule has 0 fully saturated rings. The Balaban J connectivity index is 2.68. The van der Waals surface area contributed by atoms with Crippen LogP contribution in [0.2, 0.25) is 0 Å². The highest BCUT2D eigenvalue weighted by Gasteiger charge is 2.10. The number of rotatable bonds is 8. The number of anilines is 1. The summed E-state index contributed by atoms with van der Waals surface area (Å²) in [5.74, 6) is -0.726. The fourth-order valence-corrected chi connectivity index (χ4v) is 2.62. The van der Waals surface area contributed by atoms with Crippen molar-refractivity contribution >= 4 is 21.7 Å². The van der Waals surface area contributed by atoms with Crippen molar-refractivity contribution in [3.05, 3.63) is 24.3 Å². The lowest BCUT2D eigenvalue weighted by molar-refractivity contribution is -0.139. The number of carboxylic acid groups (broad SMARTS) is 1. The second-order valence-electron chi connectivity index (χ2n) is 3.98. The molecule has 0 atom stereocenters. The van der Waals surface area contributed by atoms with E-state index in [9.17, 15) is 13.2 Å². The quantitative estimate of drug-likeness (QED) is 0.759. The number of carboxylic acids is 1. The largest absolute Gasteiger partial charge is 0.482 e. The fraction of sp³-hybridized carbons (Fsp3) is 0.417. The average molecular weight is 287 g/mol. The van der Waals surface area contributed by atoms with Gasteiger partial charge in [0, 0.05) is 6.07 Å². The summed E-state index contributed by atoms with van der Waals surface area (Å²) < 4.78 is 30.8. The minimum absolute atomic E-state index is 0.0592. The Labute approximate surface area is 112 Å². The van der Waals surface area contributed by atoms with Crippen LogP contribution in [0.25, 0.3) is 0 Å². The molecule has 0 saturated carbocycles. The summed E-state index contributed by atoms with van der Waals surface area (Å²) in [5.41, 5.74) is 0.360. The third-order valence-electron chi connectivity index (χ3n) is 2.24. The first-order chi connectivity index (χ1) is 8.93. The molecule has 0 aromatic heterocycles. The monoisotopic (exact) mass is 287 g/mol. The van der Waals surface area contributed by atoms with E-state index in [1.54, 1.807) is 18.2 Å². The van der Waals surface area contributed by atoms with Gasteiger partial charge in [0.2, 0.25) is 10.0 Å². The predicted octanol–water partition coefficient (Wildman–Crippen LogP) is 1.69.